The van der Waals surface area contributed by atoms with Gasteiger partial charge in [-0.3, -0.25) is 5.09 Å². The fourth-order valence-electron chi connectivity index (χ4n) is 1.28. The third-order valence-corrected chi connectivity index (χ3v) is 3.75. The summed E-state index contributed by atoms with van der Waals surface area (Å²) in [6.07, 6.45) is 1.22. The lowest BCUT2D eigenvalue weighted by molar-refractivity contribution is 0.874. The van der Waals surface area contributed by atoms with E-state index in [1.54, 1.807) is 0 Å². The molecule has 1 atom stereocenters. The molecule has 1 aliphatic heterocycles. The lowest BCUT2D eigenvalue weighted by atomic mass is 10.2. The summed E-state index contributed by atoms with van der Waals surface area (Å²) >= 11 is 0. The zero-order valence-corrected chi connectivity index (χ0v) is 8.72. The smallest absolute Gasteiger partial charge is 0.0192 e. The molecule has 1 heterocycles. The number of rotatable bonds is 4. The summed E-state index contributed by atoms with van der Waals surface area (Å²) in [6.45, 7) is 3.34. The molecule has 1 aromatic rings. The molecule has 0 saturated carbocycles. The quantitative estimate of drug-likeness (QED) is 0.719. The number of benzene rings is 1. The van der Waals surface area contributed by atoms with Crippen molar-refractivity contribution in [3.8, 4) is 0 Å². The van der Waals surface area contributed by atoms with Crippen LogP contribution in [0.25, 0.3) is 5.31 Å². The lowest BCUT2D eigenvalue weighted by Crippen LogP contribution is -2.01. The van der Waals surface area contributed by atoms with Crippen LogP contribution in [0.3, 0.4) is 0 Å². The third-order valence-electron chi connectivity index (χ3n) is 2.04. The van der Waals surface area contributed by atoms with E-state index in [0.717, 1.165) is 6.54 Å². The lowest BCUT2D eigenvalue weighted by Gasteiger charge is -2.01. The fourth-order valence-corrected chi connectivity index (χ4v) is 2.94. The van der Waals surface area contributed by atoms with E-state index in [2.05, 4.69) is 48.2 Å². The van der Waals surface area contributed by atoms with E-state index in [-0.39, 0.29) is 8.07 Å². The SMILES string of the molecule is CCCNP1C=C1c1ccccc1. The highest BCUT2D eigenvalue weighted by molar-refractivity contribution is 7.78. The Bertz CT molecular complexity index is 305. The first-order chi connectivity index (χ1) is 6.42. The molecule has 1 nitrogen and oxygen atoms in total. The molecule has 1 aromatic carbocycles. The van der Waals surface area contributed by atoms with Crippen molar-refractivity contribution in [3.63, 3.8) is 0 Å². The van der Waals surface area contributed by atoms with Crippen molar-refractivity contribution in [1.82, 2.24) is 5.09 Å². The van der Waals surface area contributed by atoms with Gasteiger partial charge in [0, 0.05) is 13.4 Å². The van der Waals surface area contributed by atoms with E-state index in [4.69, 9.17) is 0 Å². The number of hydrogen-bond donors (Lipinski definition) is 1. The van der Waals surface area contributed by atoms with Gasteiger partial charge in [0.15, 0.2) is 0 Å². The number of nitrogens with one attached hydrogen (secondary N) is 1. The standard InChI is InChI=1S/C11H14NP/c1-2-8-12-13-9-11(13)10-6-4-3-5-7-10/h3-7,9,12H,2,8H2,1H3. The maximum atomic E-state index is 3.53. The molecule has 68 valence electrons. The highest BCUT2D eigenvalue weighted by Gasteiger charge is 2.24. The first-order valence-electron chi connectivity index (χ1n) is 4.72. The van der Waals surface area contributed by atoms with E-state index in [1.165, 1.54) is 17.3 Å². The van der Waals surface area contributed by atoms with Crippen molar-refractivity contribution in [3.05, 3.63) is 41.7 Å². The van der Waals surface area contributed by atoms with Crippen LogP contribution in [0.1, 0.15) is 18.9 Å². The molecule has 2 heteroatoms. The summed E-state index contributed by atoms with van der Waals surface area (Å²) < 4.78 is 0. The van der Waals surface area contributed by atoms with Gasteiger partial charge >= 0.3 is 0 Å². The Hall–Kier alpha value is -0.650. The molecule has 0 radical (unpaired) electrons. The first kappa shape index (κ1) is 8.93. The Labute approximate surface area is 80.7 Å². The van der Waals surface area contributed by atoms with Crippen molar-refractivity contribution in [2.45, 2.75) is 13.3 Å². The second-order valence-electron chi connectivity index (χ2n) is 3.16. The van der Waals surface area contributed by atoms with Crippen LogP contribution in [0.15, 0.2) is 36.1 Å². The summed E-state index contributed by atoms with van der Waals surface area (Å²) in [6, 6.07) is 10.6. The van der Waals surface area contributed by atoms with Crippen LogP contribution in [0.5, 0.6) is 0 Å². The van der Waals surface area contributed by atoms with Gasteiger partial charge in [0.25, 0.3) is 0 Å². The van der Waals surface area contributed by atoms with Crippen LogP contribution in [0.2, 0.25) is 0 Å². The maximum absolute atomic E-state index is 3.53. The fraction of sp³-hybridized carbons (Fsp3) is 0.273. The molecule has 1 unspecified atom stereocenters. The van der Waals surface area contributed by atoms with Crippen LogP contribution < -0.4 is 5.09 Å². The Morgan fingerprint density at radius 1 is 1.23 bits per heavy atom. The Morgan fingerprint density at radius 2 is 2.00 bits per heavy atom. The summed E-state index contributed by atoms with van der Waals surface area (Å²) in [7, 11) is -0.0544. The van der Waals surface area contributed by atoms with Crippen LogP contribution in [-0.4, -0.2) is 6.54 Å². The highest BCUT2D eigenvalue weighted by Crippen LogP contribution is 2.63. The normalized spacial score (nSPS) is 19.8. The minimum atomic E-state index is -0.0544. The summed E-state index contributed by atoms with van der Waals surface area (Å²) in [5, 5.41) is 5.04. The molecule has 0 bridgehead atoms. The van der Waals surface area contributed by atoms with Gasteiger partial charge in [-0.25, -0.2) is 0 Å². The van der Waals surface area contributed by atoms with Gasteiger partial charge < -0.3 is 0 Å². The van der Waals surface area contributed by atoms with Gasteiger partial charge in [-0.2, -0.15) is 0 Å². The Kier molecular flexibility index (Phi) is 2.77. The molecule has 0 fully saturated rings. The zero-order chi connectivity index (χ0) is 9.10. The van der Waals surface area contributed by atoms with Crippen molar-refractivity contribution in [1.29, 1.82) is 0 Å². The monoisotopic (exact) mass is 191 g/mol. The predicted octanol–water partition coefficient (Wildman–Crippen LogP) is 3.40. The molecule has 0 aromatic heterocycles. The predicted molar refractivity (Wildman–Crippen MR) is 59.6 cm³/mol. The summed E-state index contributed by atoms with van der Waals surface area (Å²) in [4.78, 5) is 0. The second-order valence-corrected chi connectivity index (χ2v) is 4.95. The molecule has 1 aliphatic rings. The van der Waals surface area contributed by atoms with Gasteiger partial charge in [-0.05, 0) is 24.3 Å². The minimum Gasteiger partial charge on any atom is -0.289 e. The molecule has 1 N–H and O–H groups in total. The molecule has 0 spiro atoms. The van der Waals surface area contributed by atoms with Crippen LogP contribution in [0, 0.1) is 0 Å². The van der Waals surface area contributed by atoms with Crippen LogP contribution in [0.4, 0.5) is 0 Å². The largest absolute Gasteiger partial charge is 0.289 e. The maximum Gasteiger partial charge on any atom is 0.0192 e. The Morgan fingerprint density at radius 3 is 2.69 bits per heavy atom. The Balaban J connectivity index is 1.89. The van der Waals surface area contributed by atoms with E-state index >= 15 is 0 Å². The van der Waals surface area contributed by atoms with Crippen molar-refractivity contribution < 1.29 is 0 Å². The third kappa shape index (κ3) is 2.18. The molecular weight excluding hydrogens is 177 g/mol. The molecule has 0 aliphatic carbocycles. The van der Waals surface area contributed by atoms with Crippen molar-refractivity contribution >= 4 is 13.4 Å². The van der Waals surface area contributed by atoms with Crippen LogP contribution >= 0.6 is 8.07 Å². The highest BCUT2D eigenvalue weighted by atomic mass is 31.1. The van der Waals surface area contributed by atoms with E-state index in [1.807, 2.05) is 0 Å². The summed E-state index contributed by atoms with van der Waals surface area (Å²) in [5.74, 6) is 2.35. The van der Waals surface area contributed by atoms with E-state index in [0.29, 0.717) is 0 Å². The van der Waals surface area contributed by atoms with E-state index < -0.39 is 0 Å². The number of hydrogen-bond acceptors (Lipinski definition) is 1. The molecule has 2 rings (SSSR count). The van der Waals surface area contributed by atoms with E-state index in [9.17, 15) is 0 Å². The van der Waals surface area contributed by atoms with Gasteiger partial charge in [0.05, 0.1) is 0 Å². The first-order valence-corrected chi connectivity index (χ1v) is 6.13. The average Bonchev–Trinajstić information content (AvgIpc) is 2.95. The molecule has 13 heavy (non-hydrogen) atoms. The molecular formula is C11H14NP. The van der Waals surface area contributed by atoms with Gasteiger partial charge in [0.1, 0.15) is 0 Å². The molecule has 0 amide bonds. The van der Waals surface area contributed by atoms with Crippen LogP contribution in [-0.2, 0) is 0 Å². The van der Waals surface area contributed by atoms with Gasteiger partial charge in [-0.1, -0.05) is 37.3 Å². The minimum absolute atomic E-state index is 0.0544. The topological polar surface area (TPSA) is 12.0 Å². The zero-order valence-electron chi connectivity index (χ0n) is 7.83. The average molecular weight is 191 g/mol. The molecule has 0 saturated heterocycles. The van der Waals surface area contributed by atoms with Gasteiger partial charge in [0.2, 0.25) is 0 Å². The van der Waals surface area contributed by atoms with Crippen molar-refractivity contribution in [2.75, 3.05) is 6.54 Å². The van der Waals surface area contributed by atoms with Crippen molar-refractivity contribution in [2.24, 2.45) is 0 Å². The second kappa shape index (κ2) is 4.04. The van der Waals surface area contributed by atoms with Gasteiger partial charge in [-0.15, -0.1) is 0 Å². The summed E-state index contributed by atoms with van der Waals surface area (Å²) in [5.41, 5.74) is 1.39.